The van der Waals surface area contributed by atoms with Gasteiger partial charge in [0.15, 0.2) is 0 Å². The maximum absolute atomic E-state index is 12.5. The molecule has 3 aromatic carbocycles. The number of nitrogens with one attached hydrogen (secondary N) is 1. The molecule has 9 nitrogen and oxygen atoms in total. The monoisotopic (exact) mass is 493 g/mol. The number of furan rings is 1. The SMILES string of the molecule is CC(C)c1ccc(-n2nc3ccc(NC(=O)/C=C/c4ccc(-c5ccccc5[N+](=O)[O-])o4)cc3n2)cc1. The molecule has 0 fully saturated rings. The fraction of sp³-hybridized carbons (Fsp3) is 0.107. The van der Waals surface area contributed by atoms with Crippen LogP contribution in [0.4, 0.5) is 11.4 Å². The molecule has 9 heteroatoms. The van der Waals surface area contributed by atoms with E-state index in [9.17, 15) is 14.9 Å². The largest absolute Gasteiger partial charge is 0.456 e. The molecule has 0 atom stereocenters. The molecule has 184 valence electrons. The lowest BCUT2D eigenvalue weighted by Crippen LogP contribution is -2.07. The third-order valence-corrected chi connectivity index (χ3v) is 5.83. The first-order chi connectivity index (χ1) is 17.9. The van der Waals surface area contributed by atoms with Crippen molar-refractivity contribution in [3.8, 4) is 17.0 Å². The van der Waals surface area contributed by atoms with Gasteiger partial charge in [0.2, 0.25) is 5.91 Å². The Balaban J connectivity index is 1.28. The molecule has 0 aliphatic rings. The number of carbonyl (C=O) groups excluding carboxylic acids is 1. The molecule has 1 N–H and O–H groups in total. The summed E-state index contributed by atoms with van der Waals surface area (Å²) < 4.78 is 5.69. The van der Waals surface area contributed by atoms with Crippen molar-refractivity contribution in [2.75, 3.05) is 5.32 Å². The van der Waals surface area contributed by atoms with E-state index >= 15 is 0 Å². The Hall–Kier alpha value is -5.05. The van der Waals surface area contributed by atoms with Gasteiger partial charge in [-0.25, -0.2) is 0 Å². The van der Waals surface area contributed by atoms with Crippen LogP contribution in [0.2, 0.25) is 0 Å². The van der Waals surface area contributed by atoms with Crippen molar-refractivity contribution < 1.29 is 14.1 Å². The molecule has 5 aromatic rings. The van der Waals surface area contributed by atoms with Crippen LogP contribution in [-0.2, 0) is 4.79 Å². The summed E-state index contributed by atoms with van der Waals surface area (Å²) in [6, 6.07) is 23.0. The Morgan fingerprint density at radius 1 is 1.00 bits per heavy atom. The van der Waals surface area contributed by atoms with Crippen molar-refractivity contribution in [1.82, 2.24) is 15.0 Å². The summed E-state index contributed by atoms with van der Waals surface area (Å²) in [7, 11) is 0. The summed E-state index contributed by atoms with van der Waals surface area (Å²) >= 11 is 0. The molecule has 5 rings (SSSR count). The molecule has 0 saturated carbocycles. The van der Waals surface area contributed by atoms with Crippen LogP contribution in [0, 0.1) is 10.1 Å². The topological polar surface area (TPSA) is 116 Å². The van der Waals surface area contributed by atoms with Gasteiger partial charge in [0.25, 0.3) is 5.69 Å². The van der Waals surface area contributed by atoms with Crippen LogP contribution < -0.4 is 5.32 Å². The number of para-hydroxylation sites is 1. The van der Waals surface area contributed by atoms with Crippen LogP contribution in [0.1, 0.15) is 31.1 Å². The first-order valence-corrected chi connectivity index (χ1v) is 11.7. The van der Waals surface area contributed by atoms with Gasteiger partial charge in [0.05, 0.1) is 16.2 Å². The standard InChI is InChI=1S/C28H23N5O4/c1-18(2)19-7-10-21(11-8-19)32-30-24-14-9-20(17-25(24)31-32)29-28(34)16-13-22-12-15-27(37-22)23-5-3-4-6-26(23)33(35)36/h3-18H,1-2H3,(H,29,34)/b16-13+. The van der Waals surface area contributed by atoms with Gasteiger partial charge in [0, 0.05) is 17.8 Å². The first-order valence-electron chi connectivity index (χ1n) is 11.7. The van der Waals surface area contributed by atoms with E-state index < -0.39 is 4.92 Å². The highest BCUT2D eigenvalue weighted by Gasteiger charge is 2.16. The Labute approximate surface area is 212 Å². The number of hydrogen-bond donors (Lipinski definition) is 1. The highest BCUT2D eigenvalue weighted by Crippen LogP contribution is 2.31. The normalized spacial score (nSPS) is 11.4. The number of carbonyl (C=O) groups is 1. The maximum atomic E-state index is 12.5. The molecule has 0 saturated heterocycles. The zero-order valence-electron chi connectivity index (χ0n) is 20.2. The quantitative estimate of drug-likeness (QED) is 0.160. The number of aromatic nitrogens is 3. The van der Waals surface area contributed by atoms with Gasteiger partial charge >= 0.3 is 0 Å². The highest BCUT2D eigenvalue weighted by atomic mass is 16.6. The lowest BCUT2D eigenvalue weighted by Gasteiger charge is -2.05. The predicted octanol–water partition coefficient (Wildman–Crippen LogP) is 6.36. The summed E-state index contributed by atoms with van der Waals surface area (Å²) in [6.07, 6.45) is 2.84. The third kappa shape index (κ3) is 5.15. The first kappa shape index (κ1) is 23.7. The lowest BCUT2D eigenvalue weighted by atomic mass is 10.0. The Bertz CT molecular complexity index is 1630. The molecule has 0 radical (unpaired) electrons. The minimum Gasteiger partial charge on any atom is -0.456 e. The number of rotatable bonds is 7. The smallest absolute Gasteiger partial charge is 0.280 e. The molecule has 2 heterocycles. The van der Waals surface area contributed by atoms with Crippen molar-refractivity contribution in [3.05, 3.63) is 106 Å². The zero-order valence-corrected chi connectivity index (χ0v) is 20.2. The molecule has 1 amide bonds. The number of nitro groups is 1. The van der Waals surface area contributed by atoms with E-state index in [1.165, 1.54) is 23.8 Å². The van der Waals surface area contributed by atoms with Crippen LogP contribution in [0.25, 0.3) is 34.1 Å². The number of amides is 1. The number of fused-ring (bicyclic) bond motifs is 1. The molecule has 0 aliphatic carbocycles. The van der Waals surface area contributed by atoms with Crippen molar-refractivity contribution in [2.45, 2.75) is 19.8 Å². The fourth-order valence-corrected chi connectivity index (χ4v) is 3.87. The van der Waals surface area contributed by atoms with Gasteiger partial charge in [-0.3, -0.25) is 14.9 Å². The molecule has 0 unspecified atom stereocenters. The summed E-state index contributed by atoms with van der Waals surface area (Å²) in [5.74, 6) is 0.823. The van der Waals surface area contributed by atoms with Crippen LogP contribution >= 0.6 is 0 Å². The second-order valence-corrected chi connectivity index (χ2v) is 8.74. The van der Waals surface area contributed by atoms with Gasteiger partial charge < -0.3 is 9.73 Å². The van der Waals surface area contributed by atoms with Gasteiger partial charge in [-0.05, 0) is 66.1 Å². The molecule has 0 bridgehead atoms. The summed E-state index contributed by atoms with van der Waals surface area (Å²) in [4.78, 5) is 24.9. The fourth-order valence-electron chi connectivity index (χ4n) is 3.87. The number of hydrogen-bond acceptors (Lipinski definition) is 6. The van der Waals surface area contributed by atoms with E-state index in [0.29, 0.717) is 39.7 Å². The summed E-state index contributed by atoms with van der Waals surface area (Å²) in [5, 5.41) is 23.1. The lowest BCUT2D eigenvalue weighted by molar-refractivity contribution is -0.384. The minimum absolute atomic E-state index is 0.0509. The molecule has 0 aliphatic heterocycles. The Kier molecular flexibility index (Phi) is 6.34. The van der Waals surface area contributed by atoms with E-state index in [2.05, 4.69) is 41.5 Å². The van der Waals surface area contributed by atoms with Crippen LogP contribution in [0.15, 0.2) is 89.4 Å². The molecule has 0 spiro atoms. The number of nitrogens with zero attached hydrogens (tertiary/aromatic N) is 4. The van der Waals surface area contributed by atoms with Crippen LogP contribution in [0.3, 0.4) is 0 Å². The maximum Gasteiger partial charge on any atom is 0.280 e. The van der Waals surface area contributed by atoms with E-state index in [-0.39, 0.29) is 11.6 Å². The van der Waals surface area contributed by atoms with E-state index in [4.69, 9.17) is 4.42 Å². The summed E-state index contributed by atoms with van der Waals surface area (Å²) in [5.41, 5.74) is 4.34. The van der Waals surface area contributed by atoms with E-state index in [1.54, 1.807) is 53.3 Å². The average Bonchev–Trinajstić information content (AvgIpc) is 3.54. The van der Waals surface area contributed by atoms with Crippen LogP contribution in [-0.4, -0.2) is 25.8 Å². The number of nitro benzene ring substituents is 1. The molecule has 37 heavy (non-hydrogen) atoms. The molecular weight excluding hydrogens is 470 g/mol. The zero-order chi connectivity index (χ0) is 25.9. The average molecular weight is 494 g/mol. The van der Waals surface area contributed by atoms with Gasteiger partial charge in [-0.15, -0.1) is 10.2 Å². The van der Waals surface area contributed by atoms with Crippen molar-refractivity contribution in [2.24, 2.45) is 0 Å². The van der Waals surface area contributed by atoms with Gasteiger partial charge in [-0.1, -0.05) is 38.1 Å². The van der Waals surface area contributed by atoms with Crippen molar-refractivity contribution >= 4 is 34.4 Å². The van der Waals surface area contributed by atoms with E-state index in [0.717, 1.165) is 5.69 Å². The van der Waals surface area contributed by atoms with Crippen molar-refractivity contribution in [3.63, 3.8) is 0 Å². The second kappa shape index (κ2) is 9.90. The molecular formula is C28H23N5O4. The Morgan fingerprint density at radius 2 is 1.76 bits per heavy atom. The third-order valence-electron chi connectivity index (χ3n) is 5.83. The van der Waals surface area contributed by atoms with Crippen LogP contribution in [0.5, 0.6) is 0 Å². The number of benzene rings is 3. The van der Waals surface area contributed by atoms with Crippen molar-refractivity contribution in [1.29, 1.82) is 0 Å². The minimum atomic E-state index is -0.460. The molecule has 2 aromatic heterocycles. The summed E-state index contributed by atoms with van der Waals surface area (Å²) in [6.45, 7) is 4.29. The van der Waals surface area contributed by atoms with Gasteiger partial charge in [-0.2, -0.15) is 4.80 Å². The second-order valence-electron chi connectivity index (χ2n) is 8.74. The predicted molar refractivity (Wildman–Crippen MR) is 141 cm³/mol. The number of anilines is 1. The van der Waals surface area contributed by atoms with E-state index in [1.807, 2.05) is 12.1 Å². The Morgan fingerprint density at radius 3 is 2.51 bits per heavy atom. The van der Waals surface area contributed by atoms with Gasteiger partial charge in [0.1, 0.15) is 22.6 Å². The highest BCUT2D eigenvalue weighted by molar-refractivity contribution is 6.02.